The molecule has 3 heterocycles. The topological polar surface area (TPSA) is 39.9 Å². The van der Waals surface area contributed by atoms with Gasteiger partial charge in [0.1, 0.15) is 11.9 Å². The summed E-state index contributed by atoms with van der Waals surface area (Å²) < 4.78 is 7.57. The number of hydrogen-bond acceptors (Lipinski definition) is 3. The highest BCUT2D eigenvalue weighted by molar-refractivity contribution is 5.81. The molecule has 4 nitrogen and oxygen atoms in total. The van der Waals surface area contributed by atoms with Crippen molar-refractivity contribution in [1.82, 2.24) is 14.8 Å². The van der Waals surface area contributed by atoms with Crippen LogP contribution in [0.4, 0.5) is 0 Å². The normalized spacial score (nSPS) is 17.0. The van der Waals surface area contributed by atoms with E-state index in [1.807, 2.05) is 24.0 Å². The van der Waals surface area contributed by atoms with Gasteiger partial charge in [-0.15, -0.1) is 0 Å². The van der Waals surface area contributed by atoms with Gasteiger partial charge in [-0.3, -0.25) is 4.68 Å². The van der Waals surface area contributed by atoms with Crippen LogP contribution in [0.2, 0.25) is 0 Å². The lowest BCUT2D eigenvalue weighted by Gasteiger charge is -2.05. The zero-order valence-corrected chi connectivity index (χ0v) is 12.4. The zero-order valence-electron chi connectivity index (χ0n) is 12.4. The van der Waals surface area contributed by atoms with Crippen molar-refractivity contribution < 1.29 is 4.74 Å². The Kier molecular flexibility index (Phi) is 2.55. The Balaban J connectivity index is 1.85. The zero-order chi connectivity index (χ0) is 14.6. The Morgan fingerprint density at radius 2 is 2.14 bits per heavy atom. The first-order chi connectivity index (χ1) is 10.1. The van der Waals surface area contributed by atoms with Crippen molar-refractivity contribution in [3.05, 3.63) is 41.6 Å². The van der Waals surface area contributed by atoms with Crippen LogP contribution in [0.15, 0.2) is 30.5 Å². The van der Waals surface area contributed by atoms with Crippen LogP contribution >= 0.6 is 0 Å². The van der Waals surface area contributed by atoms with Gasteiger partial charge in [-0.1, -0.05) is 0 Å². The summed E-state index contributed by atoms with van der Waals surface area (Å²) in [6.07, 6.45) is 3.25. The number of benzene rings is 1. The Hall–Kier alpha value is -2.36. The maximum Gasteiger partial charge on any atom is 0.181 e. The predicted molar refractivity (Wildman–Crippen MR) is 82.5 cm³/mol. The van der Waals surface area contributed by atoms with Gasteiger partial charge in [-0.05, 0) is 49.2 Å². The number of ether oxygens (including phenoxy) is 1. The van der Waals surface area contributed by atoms with Gasteiger partial charge in [0.05, 0.1) is 5.69 Å². The van der Waals surface area contributed by atoms with E-state index in [2.05, 4.69) is 37.1 Å². The third-order valence-electron chi connectivity index (χ3n) is 4.01. The molecule has 0 saturated carbocycles. The maximum absolute atomic E-state index is 5.76. The number of fused-ring (bicyclic) bond motifs is 2. The summed E-state index contributed by atoms with van der Waals surface area (Å²) in [5.74, 6) is 1.00. The van der Waals surface area contributed by atoms with Gasteiger partial charge in [0.25, 0.3) is 0 Å². The second kappa shape index (κ2) is 4.32. The molecular weight excluding hydrogens is 262 g/mol. The SMILES string of the molecule is Cc1cc(-c2ccc3c(c2)CC(C)O3)nc2nn(C)cc12. The number of pyridine rings is 1. The van der Waals surface area contributed by atoms with E-state index in [1.165, 1.54) is 11.1 Å². The van der Waals surface area contributed by atoms with Crippen LogP contribution in [-0.2, 0) is 13.5 Å². The first kappa shape index (κ1) is 12.4. The van der Waals surface area contributed by atoms with E-state index in [4.69, 9.17) is 9.72 Å². The van der Waals surface area contributed by atoms with Gasteiger partial charge in [-0.2, -0.15) is 5.10 Å². The summed E-state index contributed by atoms with van der Waals surface area (Å²) >= 11 is 0. The predicted octanol–water partition coefficient (Wildman–Crippen LogP) is 3.27. The van der Waals surface area contributed by atoms with Gasteiger partial charge in [0.2, 0.25) is 0 Å². The summed E-state index contributed by atoms with van der Waals surface area (Å²) in [7, 11) is 1.93. The summed E-state index contributed by atoms with van der Waals surface area (Å²) in [5.41, 5.74) is 5.37. The van der Waals surface area contributed by atoms with Crippen molar-refractivity contribution in [3.8, 4) is 17.0 Å². The van der Waals surface area contributed by atoms with Crippen molar-refractivity contribution in [2.24, 2.45) is 7.05 Å². The molecule has 21 heavy (non-hydrogen) atoms. The Bertz CT molecular complexity index is 851. The third-order valence-corrected chi connectivity index (χ3v) is 4.01. The highest BCUT2D eigenvalue weighted by Gasteiger charge is 2.19. The van der Waals surface area contributed by atoms with Crippen molar-refractivity contribution in [2.75, 3.05) is 0 Å². The second-order valence-corrected chi connectivity index (χ2v) is 5.82. The lowest BCUT2D eigenvalue weighted by molar-refractivity contribution is 0.254. The maximum atomic E-state index is 5.76. The molecule has 2 aromatic heterocycles. The van der Waals surface area contributed by atoms with Crippen molar-refractivity contribution >= 4 is 11.0 Å². The molecule has 4 rings (SSSR count). The number of hydrogen-bond donors (Lipinski definition) is 0. The minimum atomic E-state index is 0.267. The van der Waals surface area contributed by atoms with Gasteiger partial charge in [-0.25, -0.2) is 4.98 Å². The Morgan fingerprint density at radius 3 is 3.00 bits per heavy atom. The number of aromatic nitrogens is 3. The van der Waals surface area contributed by atoms with Crippen LogP contribution in [0.1, 0.15) is 18.1 Å². The largest absolute Gasteiger partial charge is 0.490 e. The molecule has 0 amide bonds. The van der Waals surface area contributed by atoms with Crippen LogP contribution in [-0.4, -0.2) is 20.9 Å². The lowest BCUT2D eigenvalue weighted by Crippen LogP contribution is -2.05. The molecular formula is C17H17N3O. The number of aryl methyl sites for hydroxylation is 2. The Morgan fingerprint density at radius 1 is 1.29 bits per heavy atom. The first-order valence-electron chi connectivity index (χ1n) is 7.21. The van der Waals surface area contributed by atoms with E-state index in [0.29, 0.717) is 0 Å². The van der Waals surface area contributed by atoms with E-state index in [-0.39, 0.29) is 6.10 Å². The monoisotopic (exact) mass is 279 g/mol. The van der Waals surface area contributed by atoms with E-state index in [1.54, 1.807) is 0 Å². The molecule has 106 valence electrons. The van der Waals surface area contributed by atoms with Crippen LogP contribution in [0, 0.1) is 6.92 Å². The van der Waals surface area contributed by atoms with E-state index in [0.717, 1.165) is 34.5 Å². The highest BCUT2D eigenvalue weighted by atomic mass is 16.5. The van der Waals surface area contributed by atoms with Crippen LogP contribution in [0.5, 0.6) is 5.75 Å². The standard InChI is InChI=1S/C17H17N3O/c1-10-6-15(18-17-14(10)9-20(3)19-17)12-4-5-16-13(8-12)7-11(2)21-16/h4-6,8-9,11H,7H2,1-3H3. The fraction of sp³-hybridized carbons (Fsp3) is 0.294. The summed E-state index contributed by atoms with van der Waals surface area (Å²) in [5, 5.41) is 5.54. The fourth-order valence-corrected chi connectivity index (χ4v) is 3.00. The molecule has 0 bridgehead atoms. The highest BCUT2D eigenvalue weighted by Crippen LogP contribution is 2.33. The average Bonchev–Trinajstić information content (AvgIpc) is 2.98. The molecule has 1 aliphatic heterocycles. The van der Waals surface area contributed by atoms with Crippen molar-refractivity contribution in [3.63, 3.8) is 0 Å². The Labute approximate surface area is 123 Å². The minimum Gasteiger partial charge on any atom is -0.490 e. The molecule has 0 fully saturated rings. The van der Waals surface area contributed by atoms with Crippen LogP contribution in [0.3, 0.4) is 0 Å². The molecule has 0 saturated heterocycles. The van der Waals surface area contributed by atoms with E-state index in [9.17, 15) is 0 Å². The van der Waals surface area contributed by atoms with Gasteiger partial charge >= 0.3 is 0 Å². The third kappa shape index (κ3) is 1.98. The summed E-state index contributed by atoms with van der Waals surface area (Å²) in [4.78, 5) is 4.70. The lowest BCUT2D eigenvalue weighted by atomic mass is 10.0. The molecule has 0 N–H and O–H groups in total. The van der Waals surface area contributed by atoms with Crippen LogP contribution < -0.4 is 4.74 Å². The molecule has 0 aliphatic carbocycles. The quantitative estimate of drug-likeness (QED) is 0.686. The number of nitrogens with zero attached hydrogens (tertiary/aromatic N) is 3. The second-order valence-electron chi connectivity index (χ2n) is 5.82. The summed E-state index contributed by atoms with van der Waals surface area (Å²) in [6.45, 7) is 4.20. The van der Waals surface area contributed by atoms with Crippen molar-refractivity contribution in [1.29, 1.82) is 0 Å². The van der Waals surface area contributed by atoms with Gasteiger partial charge < -0.3 is 4.74 Å². The molecule has 0 radical (unpaired) electrons. The van der Waals surface area contributed by atoms with E-state index >= 15 is 0 Å². The summed E-state index contributed by atoms with van der Waals surface area (Å²) in [6, 6.07) is 8.45. The molecule has 1 aliphatic rings. The molecule has 4 heteroatoms. The minimum absolute atomic E-state index is 0.267. The molecule has 1 atom stereocenters. The van der Waals surface area contributed by atoms with E-state index < -0.39 is 0 Å². The fourth-order valence-electron chi connectivity index (χ4n) is 3.00. The number of rotatable bonds is 1. The molecule has 0 spiro atoms. The molecule has 1 aromatic carbocycles. The van der Waals surface area contributed by atoms with Gasteiger partial charge in [0, 0.05) is 30.6 Å². The average molecular weight is 279 g/mol. The van der Waals surface area contributed by atoms with Gasteiger partial charge in [0.15, 0.2) is 5.65 Å². The smallest absolute Gasteiger partial charge is 0.181 e. The first-order valence-corrected chi connectivity index (χ1v) is 7.21. The molecule has 3 aromatic rings. The van der Waals surface area contributed by atoms with Crippen LogP contribution in [0.25, 0.3) is 22.3 Å². The molecule has 1 unspecified atom stereocenters. The van der Waals surface area contributed by atoms with Crippen molar-refractivity contribution in [2.45, 2.75) is 26.4 Å².